The Balaban J connectivity index is 2.46. The summed E-state index contributed by atoms with van der Waals surface area (Å²) in [5.41, 5.74) is 0. The van der Waals surface area contributed by atoms with E-state index in [0.717, 1.165) is 57.8 Å². The molecule has 1 saturated heterocycles. The second-order valence-corrected chi connectivity index (χ2v) is 15.6. The third-order valence-electron chi connectivity index (χ3n) is 10.6. The molecule has 1 aliphatic rings. The molecule has 0 bridgehead atoms. The van der Waals surface area contributed by atoms with E-state index in [1.807, 2.05) is 6.08 Å². The minimum atomic E-state index is -1.61. The molecule has 0 saturated carbocycles. The summed E-state index contributed by atoms with van der Waals surface area (Å²) < 4.78 is 11.1. The largest absolute Gasteiger partial charge is 0.394 e. The summed E-state index contributed by atoms with van der Waals surface area (Å²) in [5, 5.41) is 64.5. The number of aliphatic hydroxyl groups is 6. The number of rotatable bonds is 36. The van der Waals surface area contributed by atoms with E-state index in [1.165, 1.54) is 109 Å². The van der Waals surface area contributed by atoms with Crippen LogP contribution in [0.4, 0.5) is 0 Å². The van der Waals surface area contributed by atoms with Crippen LogP contribution in [0.5, 0.6) is 0 Å². The number of nitrogens with one attached hydrogen (secondary N) is 1. The van der Waals surface area contributed by atoms with Gasteiger partial charge in [-0.1, -0.05) is 167 Å². The minimum Gasteiger partial charge on any atom is -0.394 e. The number of aliphatic hydroxyl groups excluding tert-OH is 6. The van der Waals surface area contributed by atoms with Crippen molar-refractivity contribution in [3.05, 3.63) is 24.3 Å². The highest BCUT2D eigenvalue weighted by molar-refractivity contribution is 5.80. The number of amides is 1. The highest BCUT2D eigenvalue weighted by Gasteiger charge is 2.44. The molecule has 0 aromatic carbocycles. The topological polar surface area (TPSA) is 169 Å². The van der Waals surface area contributed by atoms with Gasteiger partial charge >= 0.3 is 0 Å². The first-order valence-corrected chi connectivity index (χ1v) is 22.2. The maximum Gasteiger partial charge on any atom is 0.249 e. The maximum atomic E-state index is 13.0. The lowest BCUT2D eigenvalue weighted by molar-refractivity contribution is -0.302. The van der Waals surface area contributed by atoms with Gasteiger partial charge in [-0.25, -0.2) is 0 Å². The van der Waals surface area contributed by atoms with E-state index in [9.17, 15) is 35.4 Å². The molecule has 0 aromatic rings. The molecular weight excluding hydrogens is 686 g/mol. The number of unbranched alkanes of at least 4 members (excludes halogenated alkanes) is 23. The molecule has 7 N–H and O–H groups in total. The molecule has 1 rings (SSSR count). The fourth-order valence-corrected chi connectivity index (χ4v) is 6.92. The Morgan fingerprint density at radius 3 is 1.56 bits per heavy atom. The number of carbonyl (C=O) groups excluding carboxylic acids is 1. The average Bonchev–Trinajstić information content (AvgIpc) is 3.17. The highest BCUT2D eigenvalue weighted by Crippen LogP contribution is 2.22. The molecule has 54 heavy (non-hydrogen) atoms. The molecule has 1 fully saturated rings. The molecule has 10 heteroatoms. The Morgan fingerprint density at radius 2 is 1.07 bits per heavy atom. The molecule has 318 valence electrons. The summed E-state index contributed by atoms with van der Waals surface area (Å²) in [6.45, 7) is 3.58. The third kappa shape index (κ3) is 25.0. The van der Waals surface area contributed by atoms with Gasteiger partial charge in [-0.2, -0.15) is 0 Å². The zero-order valence-corrected chi connectivity index (χ0v) is 34.3. The van der Waals surface area contributed by atoms with Crippen LogP contribution in [0.15, 0.2) is 24.3 Å². The lowest BCUT2D eigenvalue weighted by atomic mass is 9.99. The number of hydrogen-bond donors (Lipinski definition) is 7. The minimum absolute atomic E-state index is 0.307. The van der Waals surface area contributed by atoms with E-state index in [1.54, 1.807) is 6.08 Å². The van der Waals surface area contributed by atoms with Crippen LogP contribution in [0.25, 0.3) is 0 Å². The Kier molecular flexibility index (Phi) is 32.7. The summed E-state index contributed by atoms with van der Waals surface area (Å²) in [4.78, 5) is 13.0. The summed E-state index contributed by atoms with van der Waals surface area (Å²) in [6.07, 6.45) is 29.7. The van der Waals surface area contributed by atoms with Gasteiger partial charge in [0.05, 0.1) is 25.4 Å². The smallest absolute Gasteiger partial charge is 0.249 e. The Bertz CT molecular complexity index is 916. The predicted octanol–water partition coefficient (Wildman–Crippen LogP) is 7.69. The third-order valence-corrected chi connectivity index (χ3v) is 10.6. The van der Waals surface area contributed by atoms with Crippen LogP contribution in [0, 0.1) is 0 Å². The Hall–Kier alpha value is -1.37. The van der Waals surface area contributed by atoms with Crippen LogP contribution < -0.4 is 5.32 Å². The van der Waals surface area contributed by atoms with Crippen molar-refractivity contribution in [3.63, 3.8) is 0 Å². The van der Waals surface area contributed by atoms with E-state index in [0.29, 0.717) is 6.42 Å². The molecular formula is C44H83NO9. The highest BCUT2D eigenvalue weighted by atomic mass is 16.7. The molecule has 1 amide bonds. The Labute approximate surface area is 329 Å². The van der Waals surface area contributed by atoms with Crippen molar-refractivity contribution in [1.82, 2.24) is 5.32 Å². The first-order chi connectivity index (χ1) is 26.3. The van der Waals surface area contributed by atoms with Gasteiger partial charge in [0.1, 0.15) is 30.5 Å². The Morgan fingerprint density at radius 1 is 0.630 bits per heavy atom. The first kappa shape index (κ1) is 50.6. The molecule has 10 nitrogen and oxygen atoms in total. The molecule has 8 atom stereocenters. The quantitative estimate of drug-likeness (QED) is 0.0250. The van der Waals surface area contributed by atoms with E-state index in [2.05, 4.69) is 31.3 Å². The number of ether oxygens (including phenoxy) is 2. The number of carbonyl (C=O) groups is 1. The van der Waals surface area contributed by atoms with Gasteiger partial charge in [0.15, 0.2) is 6.29 Å². The van der Waals surface area contributed by atoms with Crippen LogP contribution in [-0.2, 0) is 14.3 Å². The van der Waals surface area contributed by atoms with Crippen molar-refractivity contribution in [1.29, 1.82) is 0 Å². The predicted molar refractivity (Wildman–Crippen MR) is 218 cm³/mol. The number of hydrogen-bond acceptors (Lipinski definition) is 9. The van der Waals surface area contributed by atoms with E-state index < -0.39 is 61.5 Å². The van der Waals surface area contributed by atoms with Gasteiger partial charge in [0.2, 0.25) is 5.91 Å². The fourth-order valence-electron chi connectivity index (χ4n) is 6.92. The molecule has 0 radical (unpaired) electrons. The number of allylic oxidation sites excluding steroid dienone is 3. The zero-order valence-electron chi connectivity index (χ0n) is 34.3. The maximum absolute atomic E-state index is 13.0. The van der Waals surface area contributed by atoms with Crippen LogP contribution in [0.2, 0.25) is 0 Å². The van der Waals surface area contributed by atoms with Crippen molar-refractivity contribution in [2.75, 3.05) is 13.2 Å². The summed E-state index contributed by atoms with van der Waals surface area (Å²) in [7, 11) is 0. The van der Waals surface area contributed by atoms with E-state index >= 15 is 0 Å². The first-order valence-electron chi connectivity index (χ1n) is 22.2. The second-order valence-electron chi connectivity index (χ2n) is 15.6. The standard InChI is InChI=1S/C44H83NO9/c1-3-5-7-9-11-13-15-17-18-19-20-21-23-24-26-28-30-32-37(47)36(35-53-44-42(51)41(50)40(49)39(34-46)54-44)45-43(52)38(48)33-31-29-27-25-22-16-14-12-10-8-6-4-2/h17-18,30,32,36-42,44,46-51H,3-16,19-29,31,33-35H2,1-2H3,(H,45,52)/b18-17-,32-30+/t36-,37+,38+,39?,40+,41?,42?,44+/m0/s1. The van der Waals surface area contributed by atoms with Gasteiger partial charge in [0.25, 0.3) is 0 Å². The van der Waals surface area contributed by atoms with Gasteiger partial charge in [-0.3, -0.25) is 4.79 Å². The lowest BCUT2D eigenvalue weighted by Crippen LogP contribution is -2.60. The summed E-state index contributed by atoms with van der Waals surface area (Å²) >= 11 is 0. The van der Waals surface area contributed by atoms with Crippen LogP contribution >= 0.6 is 0 Å². The second kappa shape index (κ2) is 34.8. The lowest BCUT2D eigenvalue weighted by Gasteiger charge is -2.40. The monoisotopic (exact) mass is 770 g/mol. The molecule has 0 spiro atoms. The molecule has 0 aromatic heterocycles. The van der Waals surface area contributed by atoms with Crippen LogP contribution in [0.3, 0.4) is 0 Å². The molecule has 1 heterocycles. The van der Waals surface area contributed by atoms with Gasteiger partial charge in [-0.15, -0.1) is 0 Å². The molecule has 1 aliphatic heterocycles. The van der Waals surface area contributed by atoms with Crippen molar-refractivity contribution < 1.29 is 44.9 Å². The van der Waals surface area contributed by atoms with Crippen molar-refractivity contribution in [3.8, 4) is 0 Å². The van der Waals surface area contributed by atoms with Crippen molar-refractivity contribution in [2.24, 2.45) is 0 Å². The zero-order chi connectivity index (χ0) is 39.7. The van der Waals surface area contributed by atoms with E-state index in [4.69, 9.17) is 9.47 Å². The molecule has 0 aliphatic carbocycles. The van der Waals surface area contributed by atoms with Crippen LogP contribution in [-0.4, -0.2) is 98.7 Å². The normalized spacial score (nSPS) is 22.3. The van der Waals surface area contributed by atoms with Gasteiger partial charge in [0, 0.05) is 0 Å². The van der Waals surface area contributed by atoms with Crippen LogP contribution in [0.1, 0.15) is 187 Å². The van der Waals surface area contributed by atoms with Gasteiger partial charge < -0.3 is 45.4 Å². The van der Waals surface area contributed by atoms with Crippen molar-refractivity contribution in [2.45, 2.75) is 236 Å². The fraction of sp³-hybridized carbons (Fsp3) is 0.886. The average molecular weight is 770 g/mol. The van der Waals surface area contributed by atoms with Gasteiger partial charge in [-0.05, 0) is 44.9 Å². The molecule has 3 unspecified atom stereocenters. The summed E-state index contributed by atoms with van der Waals surface area (Å²) in [5.74, 6) is -0.620. The van der Waals surface area contributed by atoms with E-state index in [-0.39, 0.29) is 6.61 Å². The van der Waals surface area contributed by atoms with Crippen molar-refractivity contribution >= 4 is 5.91 Å². The summed E-state index contributed by atoms with van der Waals surface area (Å²) in [6, 6.07) is -0.980. The SMILES string of the molecule is CCCCCCCC/C=C\CCCCCCC/C=C/[C@@H](O)[C@H](CO[C@@H]1OC(CO)[C@@H](O)C(O)C1O)NC(=O)[C@H](O)CCCCCCCCCCCCCC.